The molecule has 0 radical (unpaired) electrons. The summed E-state index contributed by atoms with van der Waals surface area (Å²) >= 11 is 0. The molecule has 0 saturated carbocycles. The summed E-state index contributed by atoms with van der Waals surface area (Å²) in [6.07, 6.45) is 1.47. The van der Waals surface area contributed by atoms with Crippen LogP contribution in [0.15, 0.2) is 23.1 Å². The van der Waals surface area contributed by atoms with Crippen LogP contribution in [0.5, 0.6) is 11.5 Å². The predicted molar refractivity (Wildman–Crippen MR) is 77.2 cm³/mol. The lowest BCUT2D eigenvalue weighted by Gasteiger charge is -2.19. The molecule has 0 amide bonds. The second kappa shape index (κ2) is 6.45. The molecule has 0 fully saturated rings. The first-order valence-corrected chi connectivity index (χ1v) is 8.48. The highest BCUT2D eigenvalue weighted by atomic mass is 32.2. The summed E-state index contributed by atoms with van der Waals surface area (Å²) in [7, 11) is -1.39. The van der Waals surface area contributed by atoms with E-state index in [1.54, 1.807) is 18.2 Å². The zero-order valence-corrected chi connectivity index (χ0v) is 12.7. The Kier molecular flexibility index (Phi) is 4.88. The number of hydrogen-bond donors (Lipinski definition) is 1. The van der Waals surface area contributed by atoms with Gasteiger partial charge >= 0.3 is 0 Å². The van der Waals surface area contributed by atoms with Crippen molar-refractivity contribution in [2.45, 2.75) is 30.7 Å². The maximum absolute atomic E-state index is 12.3. The van der Waals surface area contributed by atoms with Gasteiger partial charge in [-0.15, -0.1) is 0 Å². The molecule has 0 aromatic heterocycles. The van der Waals surface area contributed by atoms with Crippen molar-refractivity contribution in [3.8, 4) is 11.5 Å². The molecule has 1 atom stereocenters. The van der Waals surface area contributed by atoms with Crippen molar-refractivity contribution in [2.75, 3.05) is 26.0 Å². The summed E-state index contributed by atoms with van der Waals surface area (Å²) in [4.78, 5) is 0.305. The predicted octanol–water partition coefficient (Wildman–Crippen LogP) is 1.62. The van der Waals surface area contributed by atoms with Crippen LogP contribution in [0.4, 0.5) is 0 Å². The molecule has 2 rings (SSSR count). The fourth-order valence-electron chi connectivity index (χ4n) is 2.06. The van der Waals surface area contributed by atoms with E-state index in [-0.39, 0.29) is 5.75 Å². The summed E-state index contributed by atoms with van der Waals surface area (Å²) in [5, 5.41) is 3.10. The molecule has 0 bridgehead atoms. The smallest absolute Gasteiger partial charge is 0.178 e. The Balaban J connectivity index is 2.05. The normalized spacial score (nSPS) is 15.9. The van der Waals surface area contributed by atoms with Gasteiger partial charge in [0.15, 0.2) is 21.3 Å². The maximum atomic E-state index is 12.3. The van der Waals surface area contributed by atoms with Crippen molar-refractivity contribution in [2.24, 2.45) is 0 Å². The molecular weight excluding hydrogens is 278 g/mol. The first-order chi connectivity index (χ1) is 9.53. The minimum atomic E-state index is -3.26. The molecule has 1 aliphatic heterocycles. The van der Waals surface area contributed by atoms with Gasteiger partial charge in [0.25, 0.3) is 0 Å². The number of hydrogen-bond acceptors (Lipinski definition) is 5. The van der Waals surface area contributed by atoms with Crippen molar-refractivity contribution in [1.29, 1.82) is 0 Å². The minimum Gasteiger partial charge on any atom is -0.486 e. The zero-order valence-electron chi connectivity index (χ0n) is 11.9. The Morgan fingerprint density at radius 3 is 2.65 bits per heavy atom. The lowest BCUT2D eigenvalue weighted by Crippen LogP contribution is -2.22. The van der Waals surface area contributed by atoms with Gasteiger partial charge in [0.2, 0.25) is 0 Å². The summed E-state index contributed by atoms with van der Waals surface area (Å²) in [5.41, 5.74) is 0. The number of benzene rings is 1. The van der Waals surface area contributed by atoms with E-state index in [0.29, 0.717) is 42.1 Å². The molecule has 6 heteroatoms. The fraction of sp³-hybridized carbons (Fsp3) is 0.571. The highest BCUT2D eigenvalue weighted by Crippen LogP contribution is 2.32. The van der Waals surface area contributed by atoms with Crippen LogP contribution in [0.2, 0.25) is 0 Å². The molecule has 1 N–H and O–H groups in total. The zero-order chi connectivity index (χ0) is 14.6. The van der Waals surface area contributed by atoms with Gasteiger partial charge < -0.3 is 14.8 Å². The van der Waals surface area contributed by atoms with E-state index in [9.17, 15) is 8.42 Å². The SMILES string of the molecule is CNC(C)CCCS(=O)(=O)c1ccc2c(c1)OCCO2. The van der Waals surface area contributed by atoms with Crippen LogP contribution in [0, 0.1) is 0 Å². The van der Waals surface area contributed by atoms with Gasteiger partial charge in [-0.3, -0.25) is 0 Å². The largest absolute Gasteiger partial charge is 0.486 e. The Morgan fingerprint density at radius 2 is 1.95 bits per heavy atom. The van der Waals surface area contributed by atoms with E-state index in [4.69, 9.17) is 9.47 Å². The molecular formula is C14H21NO4S. The average molecular weight is 299 g/mol. The van der Waals surface area contributed by atoms with Gasteiger partial charge in [0.1, 0.15) is 13.2 Å². The molecule has 1 aromatic rings. The number of ether oxygens (including phenoxy) is 2. The average Bonchev–Trinajstić information content (AvgIpc) is 2.46. The topological polar surface area (TPSA) is 64.6 Å². The van der Waals surface area contributed by atoms with Gasteiger partial charge in [0, 0.05) is 12.1 Å². The minimum absolute atomic E-state index is 0.151. The van der Waals surface area contributed by atoms with Crippen LogP contribution in [0.3, 0.4) is 0 Å². The van der Waals surface area contributed by atoms with Crippen LogP contribution < -0.4 is 14.8 Å². The summed E-state index contributed by atoms with van der Waals surface area (Å²) in [6.45, 7) is 2.99. The molecule has 0 spiro atoms. The Morgan fingerprint density at radius 1 is 1.25 bits per heavy atom. The van der Waals surface area contributed by atoms with Gasteiger partial charge in [-0.1, -0.05) is 0 Å². The molecule has 1 heterocycles. The third kappa shape index (κ3) is 3.64. The quantitative estimate of drug-likeness (QED) is 0.864. The van der Waals surface area contributed by atoms with Crippen molar-refractivity contribution in [1.82, 2.24) is 5.32 Å². The first kappa shape index (κ1) is 15.1. The van der Waals surface area contributed by atoms with Crippen molar-refractivity contribution in [3.05, 3.63) is 18.2 Å². The maximum Gasteiger partial charge on any atom is 0.178 e. The van der Waals surface area contributed by atoms with E-state index in [1.165, 1.54) is 0 Å². The Labute approximate surface area is 120 Å². The second-order valence-corrected chi connectivity index (χ2v) is 7.07. The highest BCUT2D eigenvalue weighted by Gasteiger charge is 2.19. The number of rotatable bonds is 6. The van der Waals surface area contributed by atoms with Gasteiger partial charge in [-0.25, -0.2) is 8.42 Å². The van der Waals surface area contributed by atoms with Crippen LogP contribution in [-0.2, 0) is 9.84 Å². The third-order valence-corrected chi connectivity index (χ3v) is 5.21. The molecule has 0 saturated heterocycles. The van der Waals surface area contributed by atoms with Crippen LogP contribution in [0.1, 0.15) is 19.8 Å². The molecule has 0 aliphatic carbocycles. The van der Waals surface area contributed by atoms with Gasteiger partial charge in [-0.2, -0.15) is 0 Å². The molecule has 20 heavy (non-hydrogen) atoms. The Bertz CT molecular complexity index is 556. The fourth-order valence-corrected chi connectivity index (χ4v) is 3.40. The first-order valence-electron chi connectivity index (χ1n) is 6.82. The monoisotopic (exact) mass is 299 g/mol. The number of sulfone groups is 1. The van der Waals surface area contributed by atoms with Crippen LogP contribution in [-0.4, -0.2) is 40.5 Å². The second-order valence-electron chi connectivity index (χ2n) is 4.96. The van der Waals surface area contributed by atoms with E-state index in [2.05, 4.69) is 5.32 Å². The van der Waals surface area contributed by atoms with Crippen LogP contribution in [0.25, 0.3) is 0 Å². The van der Waals surface area contributed by atoms with Crippen molar-refractivity contribution in [3.63, 3.8) is 0 Å². The third-order valence-electron chi connectivity index (χ3n) is 3.42. The van der Waals surface area contributed by atoms with E-state index in [0.717, 1.165) is 6.42 Å². The van der Waals surface area contributed by atoms with Gasteiger partial charge in [-0.05, 0) is 38.9 Å². The van der Waals surface area contributed by atoms with Gasteiger partial charge in [0.05, 0.1) is 10.6 Å². The standard InChI is InChI=1S/C14H21NO4S/c1-11(15-2)4-3-9-20(16,17)12-5-6-13-14(10-12)19-8-7-18-13/h5-6,10-11,15H,3-4,7-9H2,1-2H3. The van der Waals surface area contributed by atoms with E-state index in [1.807, 2.05) is 14.0 Å². The molecule has 1 aromatic carbocycles. The van der Waals surface area contributed by atoms with Crippen molar-refractivity contribution < 1.29 is 17.9 Å². The summed E-state index contributed by atoms with van der Waals surface area (Å²) in [5.74, 6) is 1.28. The molecule has 5 nitrogen and oxygen atoms in total. The lowest BCUT2D eigenvalue weighted by molar-refractivity contribution is 0.171. The summed E-state index contributed by atoms with van der Waals surface area (Å²) in [6, 6.07) is 5.14. The number of nitrogens with one attached hydrogen (secondary N) is 1. The molecule has 112 valence electrons. The van der Waals surface area contributed by atoms with Crippen LogP contribution >= 0.6 is 0 Å². The molecule has 1 aliphatic rings. The Hall–Kier alpha value is -1.27. The lowest BCUT2D eigenvalue weighted by atomic mass is 10.2. The van der Waals surface area contributed by atoms with E-state index >= 15 is 0 Å². The highest BCUT2D eigenvalue weighted by molar-refractivity contribution is 7.91. The van der Waals surface area contributed by atoms with Crippen molar-refractivity contribution >= 4 is 9.84 Å². The van der Waals surface area contributed by atoms with E-state index < -0.39 is 9.84 Å². The number of fused-ring (bicyclic) bond motifs is 1. The molecule has 1 unspecified atom stereocenters. The summed E-state index contributed by atoms with van der Waals surface area (Å²) < 4.78 is 35.4.